The highest BCUT2D eigenvalue weighted by atomic mass is 32.1. The van der Waals surface area contributed by atoms with E-state index in [9.17, 15) is 10.5 Å². The fourth-order valence-corrected chi connectivity index (χ4v) is 13.3. The maximum atomic E-state index is 17.6. The van der Waals surface area contributed by atoms with E-state index in [4.69, 9.17) is 0 Å². The Hall–Kier alpha value is -8.42. The molecule has 0 bridgehead atoms. The van der Waals surface area contributed by atoms with Crippen molar-refractivity contribution in [3.8, 4) is 45.8 Å². The zero-order valence-electron chi connectivity index (χ0n) is 36.0. The number of thiophene rings is 2. The van der Waals surface area contributed by atoms with Gasteiger partial charge in [0.1, 0.15) is 5.56 Å². The zero-order valence-corrected chi connectivity index (χ0v) is 37.7. The maximum absolute atomic E-state index is 17.6. The summed E-state index contributed by atoms with van der Waals surface area (Å²) < 4.78 is 111. The van der Waals surface area contributed by atoms with Gasteiger partial charge in [0.05, 0.1) is 62.3 Å². The van der Waals surface area contributed by atoms with Gasteiger partial charge in [-0.25, -0.2) is 0 Å². The first kappa shape index (κ1) is 41.7. The van der Waals surface area contributed by atoms with Crippen LogP contribution in [-0.4, -0.2) is 9.13 Å². The van der Waals surface area contributed by atoms with Gasteiger partial charge < -0.3 is 9.13 Å². The number of rotatable bonds is 4. The molecule has 0 aliphatic heterocycles. The van der Waals surface area contributed by atoms with Gasteiger partial charge in [-0.15, -0.1) is 22.7 Å². The summed E-state index contributed by atoms with van der Waals surface area (Å²) in [5.41, 5.74) is -6.48. The van der Waals surface area contributed by atoms with Crippen LogP contribution in [0.3, 0.4) is 0 Å². The fourth-order valence-electron chi connectivity index (χ4n) is 10.8. The minimum atomic E-state index is -5.40. The van der Waals surface area contributed by atoms with E-state index in [1.165, 1.54) is 80.3 Å². The summed E-state index contributed by atoms with van der Waals surface area (Å²) in [6.45, 7) is 0. The van der Waals surface area contributed by atoms with Crippen LogP contribution >= 0.6 is 22.7 Å². The fraction of sp³-hybridized carbons (Fsp3) is 0.0345. The van der Waals surface area contributed by atoms with Crippen molar-refractivity contribution >= 4 is 107 Å². The highest BCUT2D eigenvalue weighted by Crippen LogP contribution is 2.58. The van der Waals surface area contributed by atoms with Gasteiger partial charge in [-0.2, -0.15) is 36.9 Å². The quantitative estimate of drug-likeness (QED) is 0.165. The lowest BCUT2D eigenvalue weighted by atomic mass is 9.82. The number of fused-ring (bicyclic) bond motifs is 14. The highest BCUT2D eigenvalue weighted by Gasteiger charge is 2.49. The molecule has 0 spiro atoms. The van der Waals surface area contributed by atoms with Gasteiger partial charge in [0, 0.05) is 84.1 Å². The van der Waals surface area contributed by atoms with Gasteiger partial charge in [-0.3, -0.25) is 0 Å². The van der Waals surface area contributed by atoms with Crippen molar-refractivity contribution in [1.29, 1.82) is 10.5 Å². The first-order valence-electron chi connectivity index (χ1n) is 22.0. The molecular weight excluding hydrogens is 931 g/mol. The lowest BCUT2D eigenvalue weighted by molar-refractivity contribution is -0.140. The molecule has 0 radical (unpaired) electrons. The molecule has 70 heavy (non-hydrogen) atoms. The number of nitrogens with zero attached hydrogens (tertiary/aromatic N) is 4. The number of para-hydroxylation sites is 2. The third kappa shape index (κ3) is 5.81. The standard InChI is InChI=1S/C58H28F6N4S2/c59-57(60,61)51-49(33-15-3-1-13-31(33)29-65)53(67-41-21-9-5-19-39(41)47-43(67)27-25-37-35-17-7-11-23-45(35)69-55(37)47)52(58(62,63)64)54(50(51)34-16-4-2-14-32(34)30-66)68-42-22-10-6-20-40(42)48-44(68)28-26-38-36-18-8-12-24-46(36)70-56(38)48/h1-28H. The van der Waals surface area contributed by atoms with Crippen molar-refractivity contribution in [1.82, 2.24) is 9.13 Å². The van der Waals surface area contributed by atoms with Gasteiger partial charge in [0.2, 0.25) is 0 Å². The Labute approximate surface area is 400 Å². The largest absolute Gasteiger partial charge is 0.420 e. The predicted octanol–water partition coefficient (Wildman–Crippen LogP) is 17.7. The molecule has 0 saturated heterocycles. The van der Waals surface area contributed by atoms with Crippen LogP contribution < -0.4 is 0 Å². The Bertz CT molecular complexity index is 4220. The molecular formula is C58H28F6N4S2. The van der Waals surface area contributed by atoms with Crippen LogP contribution in [0.2, 0.25) is 0 Å². The van der Waals surface area contributed by atoms with Gasteiger partial charge in [-0.05, 0) is 48.5 Å². The van der Waals surface area contributed by atoms with Crippen LogP contribution in [0.5, 0.6) is 0 Å². The highest BCUT2D eigenvalue weighted by molar-refractivity contribution is 7.27. The molecule has 0 amide bonds. The van der Waals surface area contributed by atoms with Crippen LogP contribution in [0.4, 0.5) is 26.3 Å². The first-order chi connectivity index (χ1) is 34.0. The molecule has 0 aliphatic rings. The van der Waals surface area contributed by atoms with E-state index in [1.807, 2.05) is 72.8 Å². The first-order valence-corrected chi connectivity index (χ1v) is 23.7. The second kappa shape index (κ2) is 15.0. The number of benzene rings is 9. The Morgan fingerprint density at radius 2 is 0.743 bits per heavy atom. The number of alkyl halides is 6. The SMILES string of the molecule is N#Cc1ccccc1-c1c(-n2c3ccccc3c3c4sc5ccccc5c4ccc32)c(C(F)(F)F)c(-n2c3ccccc3c3c4sc5ccccc5c4ccc32)c(-c2ccccc2C#N)c1C(F)(F)F. The minimum absolute atomic E-state index is 0.224. The topological polar surface area (TPSA) is 57.4 Å². The number of hydrogen-bond acceptors (Lipinski definition) is 4. The van der Waals surface area contributed by atoms with Crippen LogP contribution in [0.25, 0.3) is 118 Å². The summed E-state index contributed by atoms with van der Waals surface area (Å²) in [7, 11) is 0. The number of halogens is 6. The summed E-state index contributed by atoms with van der Waals surface area (Å²) >= 11 is 2.91. The molecule has 0 N–H and O–H groups in total. The summed E-state index contributed by atoms with van der Waals surface area (Å²) in [5, 5.41) is 27.2. The van der Waals surface area contributed by atoms with E-state index >= 15 is 26.3 Å². The molecule has 4 aromatic heterocycles. The average Bonchev–Trinajstić information content (AvgIpc) is 4.12. The summed E-state index contributed by atoms with van der Waals surface area (Å²) in [4.78, 5) is 0. The molecule has 13 aromatic rings. The van der Waals surface area contributed by atoms with Crippen molar-refractivity contribution < 1.29 is 26.3 Å². The third-order valence-corrected chi connectivity index (χ3v) is 15.9. The van der Waals surface area contributed by atoms with Crippen molar-refractivity contribution in [2.24, 2.45) is 0 Å². The third-order valence-electron chi connectivity index (χ3n) is 13.5. The Kier molecular flexibility index (Phi) is 8.97. The van der Waals surface area contributed by atoms with Crippen LogP contribution in [-0.2, 0) is 12.4 Å². The van der Waals surface area contributed by atoms with Gasteiger partial charge in [-0.1, -0.05) is 121 Å². The smallest absolute Gasteiger partial charge is 0.308 e. The summed E-state index contributed by atoms with van der Waals surface area (Å²) in [6.07, 6.45) is -10.8. The Morgan fingerprint density at radius 3 is 1.16 bits per heavy atom. The van der Waals surface area contributed by atoms with Crippen molar-refractivity contribution in [2.45, 2.75) is 12.4 Å². The van der Waals surface area contributed by atoms with Gasteiger partial charge >= 0.3 is 12.4 Å². The van der Waals surface area contributed by atoms with E-state index in [0.717, 1.165) is 40.3 Å². The lowest BCUT2D eigenvalue weighted by Crippen LogP contribution is -2.23. The average molecular weight is 959 g/mol. The molecule has 4 nitrogen and oxygen atoms in total. The van der Waals surface area contributed by atoms with Gasteiger partial charge in [0.25, 0.3) is 0 Å². The number of nitriles is 2. The summed E-state index contributed by atoms with van der Waals surface area (Å²) in [6, 6.07) is 51.0. The van der Waals surface area contributed by atoms with Crippen LogP contribution in [0.1, 0.15) is 22.3 Å². The van der Waals surface area contributed by atoms with E-state index in [1.54, 1.807) is 60.7 Å². The molecule has 9 aromatic carbocycles. The molecule has 0 unspecified atom stereocenters. The Balaban J connectivity index is 1.36. The van der Waals surface area contributed by atoms with E-state index < -0.39 is 46.0 Å². The molecule has 4 heterocycles. The number of hydrogen-bond donors (Lipinski definition) is 0. The van der Waals surface area contributed by atoms with Crippen molar-refractivity contribution in [3.63, 3.8) is 0 Å². The molecule has 0 atom stereocenters. The minimum Gasteiger partial charge on any atom is -0.308 e. The van der Waals surface area contributed by atoms with Gasteiger partial charge in [0.15, 0.2) is 0 Å². The second-order valence-corrected chi connectivity index (χ2v) is 19.2. The monoisotopic (exact) mass is 958 g/mol. The van der Waals surface area contributed by atoms with E-state index in [-0.39, 0.29) is 44.3 Å². The maximum Gasteiger partial charge on any atom is 0.420 e. The zero-order chi connectivity index (χ0) is 47.8. The molecule has 0 saturated carbocycles. The van der Waals surface area contributed by atoms with E-state index in [2.05, 4.69) is 0 Å². The van der Waals surface area contributed by atoms with Crippen LogP contribution in [0.15, 0.2) is 170 Å². The molecule has 0 aliphatic carbocycles. The molecule has 0 fully saturated rings. The normalized spacial score (nSPS) is 12.4. The van der Waals surface area contributed by atoms with Crippen molar-refractivity contribution in [3.05, 3.63) is 192 Å². The number of aromatic nitrogens is 2. The lowest BCUT2D eigenvalue weighted by Gasteiger charge is -2.31. The Morgan fingerprint density at radius 1 is 0.371 bits per heavy atom. The second-order valence-electron chi connectivity index (χ2n) is 17.1. The van der Waals surface area contributed by atoms with Crippen molar-refractivity contribution in [2.75, 3.05) is 0 Å². The summed E-state index contributed by atoms with van der Waals surface area (Å²) in [5.74, 6) is 0. The molecule has 13 rings (SSSR count). The molecule has 12 heteroatoms. The van der Waals surface area contributed by atoms with Crippen LogP contribution in [0, 0.1) is 22.7 Å². The molecule has 334 valence electrons. The predicted molar refractivity (Wildman–Crippen MR) is 271 cm³/mol. The van der Waals surface area contributed by atoms with E-state index in [0.29, 0.717) is 21.5 Å².